The fourth-order valence-corrected chi connectivity index (χ4v) is 0.167. The first-order chi connectivity index (χ1) is 3.41. The molecule has 0 heterocycles. The first-order valence-corrected chi connectivity index (χ1v) is 1.93. The summed E-state index contributed by atoms with van der Waals surface area (Å²) in [4.78, 5) is 9.56. The van der Waals surface area contributed by atoms with E-state index in [-0.39, 0.29) is 0 Å². The summed E-state index contributed by atoms with van der Waals surface area (Å²) in [5.41, 5.74) is 0. The lowest BCUT2D eigenvalue weighted by Gasteiger charge is -1.79. The van der Waals surface area contributed by atoms with E-state index in [0.717, 1.165) is 6.29 Å². The number of carbonyl (C=O) groups excluding carboxylic acids is 1. The second-order valence-corrected chi connectivity index (χ2v) is 1.01. The van der Waals surface area contributed by atoms with Crippen LogP contribution in [0.25, 0.3) is 0 Å². The molecule has 2 heteroatoms. The van der Waals surface area contributed by atoms with E-state index in [1.54, 1.807) is 0 Å². The average Bonchev–Trinajstić information content (AvgIpc) is 1.69. The third-order valence-electron chi connectivity index (χ3n) is 0.466. The zero-order chi connectivity index (χ0) is 5.54. The predicted octanol–water partition coefficient (Wildman–Crippen LogP) is -0.0422. The quantitative estimate of drug-likeness (QED) is 0.387. The molecule has 0 bridgehead atoms. The molecule has 0 unspecified atom stereocenters. The standard InChI is InChI=1S/C4H8O2/c5-3-1-2-4-6/h3,6H,1-2,4H2/i6D. The van der Waals surface area contributed by atoms with Crippen LogP contribution in [0.4, 0.5) is 0 Å². The molecule has 0 atom stereocenters. The normalized spacial score (nSPS) is 10.3. The van der Waals surface area contributed by atoms with Crippen LogP contribution in [0.3, 0.4) is 0 Å². The largest absolute Gasteiger partial charge is 0.396 e. The zero-order valence-electron chi connectivity index (χ0n) is 4.52. The Morgan fingerprint density at radius 1 is 2.00 bits per heavy atom. The molecule has 0 amide bonds. The van der Waals surface area contributed by atoms with E-state index < -0.39 is 0 Å². The topological polar surface area (TPSA) is 37.3 Å². The van der Waals surface area contributed by atoms with Gasteiger partial charge >= 0.3 is 0 Å². The maximum Gasteiger partial charge on any atom is 0.210 e. The predicted molar refractivity (Wildman–Crippen MR) is 22.4 cm³/mol. The van der Waals surface area contributed by atoms with Gasteiger partial charge in [-0.2, -0.15) is 0 Å². The first-order valence-electron chi connectivity index (χ1n) is 2.34. The summed E-state index contributed by atoms with van der Waals surface area (Å²) in [7, 11) is 0. The van der Waals surface area contributed by atoms with E-state index in [4.69, 9.17) is 1.43 Å². The molecule has 2 nitrogen and oxygen atoms in total. The number of unbranched alkanes of at least 4 members (excludes halogenated alkanes) is 1. The van der Waals surface area contributed by atoms with Crippen molar-refractivity contribution >= 4 is 6.29 Å². The van der Waals surface area contributed by atoms with Crippen LogP contribution in [-0.4, -0.2) is 19.4 Å². The minimum absolute atomic E-state index is 0.360. The third-order valence-corrected chi connectivity index (χ3v) is 0.466. The molecule has 0 aromatic rings. The number of hydrogen-bond donors (Lipinski definition) is 1. The molecule has 0 aliphatic carbocycles. The minimum Gasteiger partial charge on any atom is -0.396 e. The molecule has 0 saturated carbocycles. The van der Waals surface area contributed by atoms with Crippen molar-refractivity contribution in [3.63, 3.8) is 0 Å². The van der Waals surface area contributed by atoms with Crippen LogP contribution in [0.15, 0.2) is 0 Å². The van der Waals surface area contributed by atoms with E-state index >= 15 is 0 Å². The lowest BCUT2D eigenvalue weighted by Crippen LogP contribution is -1.80. The summed E-state index contributed by atoms with van der Waals surface area (Å²) in [5.74, 6) is 0. The smallest absolute Gasteiger partial charge is 0.210 e. The second kappa shape index (κ2) is 4.63. The highest BCUT2D eigenvalue weighted by atomic mass is 16.3. The van der Waals surface area contributed by atoms with E-state index in [0.29, 0.717) is 19.4 Å². The highest BCUT2D eigenvalue weighted by Crippen LogP contribution is 1.77. The SMILES string of the molecule is [2H]OCCCC=O. The number of hydrogen-bond acceptors (Lipinski definition) is 2. The van der Waals surface area contributed by atoms with Crippen LogP contribution < -0.4 is 0 Å². The molecule has 6 heavy (non-hydrogen) atoms. The van der Waals surface area contributed by atoms with Gasteiger partial charge < -0.3 is 9.90 Å². The van der Waals surface area contributed by atoms with Crippen LogP contribution in [0.5, 0.6) is 0 Å². The van der Waals surface area contributed by atoms with Crippen LogP contribution in [-0.2, 0) is 4.79 Å². The van der Waals surface area contributed by atoms with Crippen LogP contribution in [0.2, 0.25) is 0 Å². The van der Waals surface area contributed by atoms with Crippen molar-refractivity contribution in [2.24, 2.45) is 0 Å². The van der Waals surface area contributed by atoms with E-state index in [1.165, 1.54) is 0 Å². The Hall–Kier alpha value is -0.370. The molecule has 0 aromatic heterocycles. The maximum atomic E-state index is 9.56. The maximum absolute atomic E-state index is 9.56. The zero-order valence-corrected chi connectivity index (χ0v) is 3.52. The number of aliphatic hydroxyl groups is 1. The summed E-state index contributed by atoms with van der Waals surface area (Å²) < 4.78 is 6.17. The van der Waals surface area contributed by atoms with Crippen molar-refractivity contribution in [1.82, 2.24) is 0 Å². The molecule has 0 aromatic carbocycles. The Balaban J connectivity index is 2.56. The highest BCUT2D eigenvalue weighted by molar-refractivity contribution is 5.48. The number of aldehydes is 1. The van der Waals surface area contributed by atoms with E-state index in [2.05, 4.69) is 5.11 Å². The van der Waals surface area contributed by atoms with Gasteiger partial charge in [-0.05, 0) is 6.42 Å². The van der Waals surface area contributed by atoms with Crippen LogP contribution >= 0.6 is 0 Å². The molecule has 0 fully saturated rings. The summed E-state index contributed by atoms with van der Waals surface area (Å²) in [5, 5.41) is 3.94. The molecule has 1 N–H and O–H groups in total. The molecule has 0 aliphatic rings. The Bertz CT molecular complexity index is 47.0. The van der Waals surface area contributed by atoms with Gasteiger partial charge in [0.1, 0.15) is 6.29 Å². The van der Waals surface area contributed by atoms with Gasteiger partial charge in [0.25, 0.3) is 0 Å². The molecule has 0 radical (unpaired) electrons. The molecule has 36 valence electrons. The summed E-state index contributed by atoms with van der Waals surface area (Å²) in [6.45, 7) is 0.360. The van der Waals surface area contributed by atoms with Crippen molar-refractivity contribution < 1.29 is 9.90 Å². The summed E-state index contributed by atoms with van der Waals surface area (Å²) >= 11 is 0. The lowest BCUT2D eigenvalue weighted by atomic mass is 10.4. The van der Waals surface area contributed by atoms with Crippen molar-refractivity contribution in [3.05, 3.63) is 0 Å². The molecule has 0 aliphatic heterocycles. The van der Waals surface area contributed by atoms with Gasteiger partial charge in [0.15, 0.2) is 0 Å². The summed E-state index contributed by atoms with van der Waals surface area (Å²) in [6.07, 6.45) is 1.98. The monoisotopic (exact) mass is 89.1 g/mol. The molecule has 0 rings (SSSR count). The Kier molecular flexibility index (Phi) is 2.94. The fraction of sp³-hybridized carbons (Fsp3) is 0.750. The van der Waals surface area contributed by atoms with Crippen LogP contribution in [0.1, 0.15) is 12.8 Å². The first kappa shape index (κ1) is 3.81. The number of carbonyl (C=O) groups is 1. The van der Waals surface area contributed by atoms with Crippen molar-refractivity contribution in [2.45, 2.75) is 12.8 Å². The Labute approximate surface area is 38.3 Å². The van der Waals surface area contributed by atoms with Gasteiger partial charge in [-0.3, -0.25) is 0 Å². The second-order valence-electron chi connectivity index (χ2n) is 1.01. The average molecular weight is 89.1 g/mol. The van der Waals surface area contributed by atoms with Gasteiger partial charge in [0, 0.05) is 13.0 Å². The Morgan fingerprint density at radius 2 is 2.83 bits per heavy atom. The van der Waals surface area contributed by atoms with Gasteiger partial charge in [-0.1, -0.05) is 0 Å². The minimum atomic E-state index is 0.360. The van der Waals surface area contributed by atoms with Crippen LogP contribution in [0, 0.1) is 0 Å². The number of aliphatic hydroxyl groups excluding tert-OH is 1. The van der Waals surface area contributed by atoms with Gasteiger partial charge in [-0.15, -0.1) is 0 Å². The van der Waals surface area contributed by atoms with E-state index in [9.17, 15) is 4.79 Å². The molecular weight excluding hydrogens is 80.0 g/mol. The van der Waals surface area contributed by atoms with E-state index in [1.807, 2.05) is 0 Å². The van der Waals surface area contributed by atoms with Crippen molar-refractivity contribution in [2.75, 3.05) is 6.61 Å². The van der Waals surface area contributed by atoms with Gasteiger partial charge in [-0.25, -0.2) is 0 Å². The Morgan fingerprint density at radius 3 is 3.33 bits per heavy atom. The lowest BCUT2D eigenvalue weighted by molar-refractivity contribution is -0.108. The molecule has 0 saturated heterocycles. The molecular formula is C4H8O2. The molecule has 0 spiro atoms. The fourth-order valence-electron chi connectivity index (χ4n) is 0.167. The van der Waals surface area contributed by atoms with Gasteiger partial charge in [0.2, 0.25) is 1.43 Å². The van der Waals surface area contributed by atoms with Crippen molar-refractivity contribution in [1.29, 1.82) is 1.43 Å². The summed E-state index contributed by atoms with van der Waals surface area (Å²) in [6, 6.07) is 0. The van der Waals surface area contributed by atoms with Crippen molar-refractivity contribution in [3.8, 4) is 0 Å². The number of rotatable bonds is 4. The third kappa shape index (κ3) is 3.63. The highest BCUT2D eigenvalue weighted by Gasteiger charge is 1.76. The van der Waals surface area contributed by atoms with Gasteiger partial charge in [0.05, 0.1) is 0 Å².